The zero-order chi connectivity index (χ0) is 22.7. The molecule has 0 bridgehead atoms. The molecule has 0 spiro atoms. The number of amides is 4. The van der Waals surface area contributed by atoms with Gasteiger partial charge in [-0.1, -0.05) is 18.2 Å². The van der Waals surface area contributed by atoms with Gasteiger partial charge in [-0.3, -0.25) is 14.5 Å². The van der Waals surface area contributed by atoms with Gasteiger partial charge in [0.15, 0.2) is 0 Å². The minimum absolute atomic E-state index is 0.0133. The third-order valence-electron chi connectivity index (χ3n) is 7.16. The molecule has 32 heavy (non-hydrogen) atoms. The van der Waals surface area contributed by atoms with Crippen LogP contribution < -0.4 is 4.90 Å². The van der Waals surface area contributed by atoms with Crippen LogP contribution in [0.4, 0.5) is 10.5 Å². The molecule has 1 aliphatic carbocycles. The van der Waals surface area contributed by atoms with E-state index in [1.54, 1.807) is 9.80 Å². The van der Waals surface area contributed by atoms with Crippen LogP contribution in [0.3, 0.4) is 0 Å². The van der Waals surface area contributed by atoms with Crippen molar-refractivity contribution in [1.29, 1.82) is 0 Å². The number of carbonyl (C=O) groups excluding carboxylic acids is 3. The summed E-state index contributed by atoms with van der Waals surface area (Å²) in [4.78, 5) is 45.2. The molecular weight excluding hydrogens is 408 g/mol. The number of urea groups is 1. The van der Waals surface area contributed by atoms with E-state index in [4.69, 9.17) is 4.74 Å². The minimum Gasteiger partial charge on any atom is -0.375 e. The second kappa shape index (κ2) is 9.90. The van der Waals surface area contributed by atoms with E-state index in [9.17, 15) is 14.4 Å². The van der Waals surface area contributed by atoms with Crippen molar-refractivity contribution < 1.29 is 19.1 Å². The van der Waals surface area contributed by atoms with Crippen LogP contribution in [0.1, 0.15) is 31.2 Å². The maximum Gasteiger partial charge on any atom is 0.324 e. The van der Waals surface area contributed by atoms with E-state index < -0.39 is 0 Å². The number of carbonyl (C=O) groups is 3. The zero-order valence-electron chi connectivity index (χ0n) is 19.2. The zero-order valence-corrected chi connectivity index (χ0v) is 19.2. The van der Waals surface area contributed by atoms with Crippen LogP contribution in [0.2, 0.25) is 0 Å². The smallest absolute Gasteiger partial charge is 0.324 e. The summed E-state index contributed by atoms with van der Waals surface area (Å²) >= 11 is 0. The highest BCUT2D eigenvalue weighted by Crippen LogP contribution is 2.33. The topological polar surface area (TPSA) is 73.4 Å². The highest BCUT2D eigenvalue weighted by molar-refractivity contribution is 5.94. The van der Waals surface area contributed by atoms with Gasteiger partial charge in [-0.05, 0) is 43.2 Å². The first-order valence-corrected chi connectivity index (χ1v) is 11.6. The van der Waals surface area contributed by atoms with Crippen molar-refractivity contribution in [3.63, 3.8) is 0 Å². The van der Waals surface area contributed by atoms with Gasteiger partial charge in [-0.15, -0.1) is 0 Å². The molecule has 1 saturated heterocycles. The number of nitrogens with zero attached hydrogens (tertiary/aromatic N) is 4. The molecule has 2 heterocycles. The number of para-hydroxylation sites is 1. The quantitative estimate of drug-likeness (QED) is 0.701. The summed E-state index contributed by atoms with van der Waals surface area (Å²) in [6, 6.07) is 8.12. The van der Waals surface area contributed by atoms with Crippen LogP contribution in [0.5, 0.6) is 0 Å². The summed E-state index contributed by atoms with van der Waals surface area (Å²) in [6.45, 7) is 3.86. The molecule has 0 aromatic heterocycles. The lowest BCUT2D eigenvalue weighted by Gasteiger charge is -2.40. The number of hydrogen-bond donors (Lipinski definition) is 0. The maximum atomic E-state index is 13.0. The fraction of sp³-hybridized carbons (Fsp3) is 0.625. The van der Waals surface area contributed by atoms with Crippen LogP contribution in [0.25, 0.3) is 0 Å². The van der Waals surface area contributed by atoms with Crippen molar-refractivity contribution in [1.82, 2.24) is 14.7 Å². The number of piperazine rings is 1. The molecular formula is C24H34N4O4. The summed E-state index contributed by atoms with van der Waals surface area (Å²) in [5.74, 6) is 0.712. The molecule has 4 rings (SSSR count). The molecule has 8 nitrogen and oxygen atoms in total. The minimum atomic E-state index is -0.0133. The fourth-order valence-corrected chi connectivity index (χ4v) is 5.26. The van der Waals surface area contributed by atoms with E-state index >= 15 is 0 Å². The van der Waals surface area contributed by atoms with E-state index in [-0.39, 0.29) is 30.4 Å². The molecule has 1 saturated carbocycles. The van der Waals surface area contributed by atoms with Gasteiger partial charge >= 0.3 is 6.03 Å². The molecule has 1 aromatic carbocycles. The van der Waals surface area contributed by atoms with E-state index in [1.165, 1.54) is 12.7 Å². The average molecular weight is 443 g/mol. The van der Waals surface area contributed by atoms with E-state index in [1.807, 2.05) is 35.0 Å². The van der Waals surface area contributed by atoms with Gasteiger partial charge in [0.05, 0.1) is 5.69 Å². The third-order valence-corrected chi connectivity index (χ3v) is 7.16. The monoisotopic (exact) mass is 442 g/mol. The molecule has 0 N–H and O–H groups in total. The molecule has 174 valence electrons. The summed E-state index contributed by atoms with van der Waals surface area (Å²) in [7, 11) is 3.36. The van der Waals surface area contributed by atoms with Crippen LogP contribution >= 0.6 is 0 Å². The Morgan fingerprint density at radius 3 is 2.34 bits per heavy atom. The first-order chi connectivity index (χ1) is 15.5. The largest absolute Gasteiger partial charge is 0.375 e. The predicted octanol–water partition coefficient (Wildman–Crippen LogP) is 2.18. The Morgan fingerprint density at radius 2 is 1.66 bits per heavy atom. The molecule has 2 fully saturated rings. The second-order valence-corrected chi connectivity index (χ2v) is 9.21. The average Bonchev–Trinajstić information content (AvgIpc) is 2.83. The van der Waals surface area contributed by atoms with Gasteiger partial charge in [0.1, 0.15) is 6.61 Å². The van der Waals surface area contributed by atoms with Gasteiger partial charge < -0.3 is 19.4 Å². The van der Waals surface area contributed by atoms with Gasteiger partial charge in [-0.25, -0.2) is 4.79 Å². The number of hydrogen-bond acceptors (Lipinski definition) is 4. The number of ether oxygens (including phenoxy) is 1. The lowest BCUT2D eigenvalue weighted by molar-refractivity contribution is -0.144. The Hall–Kier alpha value is -2.61. The third kappa shape index (κ3) is 4.75. The van der Waals surface area contributed by atoms with E-state index in [2.05, 4.69) is 6.07 Å². The standard InChI is InChI=1S/C24H34N4O4/c1-25-21-6-4-3-5-20(21)16-28(24(25)31)15-18-7-9-19(10-8-18)23(30)27-13-11-26(12-14-27)22(29)17-32-2/h3-6,18-19H,7-17H2,1-2H3/t18-,19-. The Bertz CT molecular complexity index is 844. The molecule has 3 aliphatic rings. The van der Waals surface area contributed by atoms with Gasteiger partial charge in [-0.2, -0.15) is 0 Å². The number of fused-ring (bicyclic) bond motifs is 1. The molecule has 2 aliphatic heterocycles. The predicted molar refractivity (Wildman–Crippen MR) is 121 cm³/mol. The molecule has 8 heteroatoms. The highest BCUT2D eigenvalue weighted by Gasteiger charge is 2.34. The van der Waals surface area contributed by atoms with Crippen LogP contribution in [0.15, 0.2) is 24.3 Å². The van der Waals surface area contributed by atoms with Crippen LogP contribution in [-0.2, 0) is 20.9 Å². The normalized spacial score (nSPS) is 23.9. The summed E-state index contributed by atoms with van der Waals surface area (Å²) in [6.07, 6.45) is 3.69. The summed E-state index contributed by atoms with van der Waals surface area (Å²) in [5.41, 5.74) is 2.17. The van der Waals surface area contributed by atoms with Crippen molar-refractivity contribution in [2.75, 3.05) is 58.4 Å². The molecule has 0 unspecified atom stereocenters. The molecule has 0 radical (unpaired) electrons. The summed E-state index contributed by atoms with van der Waals surface area (Å²) < 4.78 is 4.92. The summed E-state index contributed by atoms with van der Waals surface area (Å²) in [5, 5.41) is 0. The molecule has 4 amide bonds. The van der Waals surface area contributed by atoms with Gasteiger partial charge in [0, 0.05) is 59.3 Å². The Balaban J connectivity index is 1.25. The van der Waals surface area contributed by atoms with Gasteiger partial charge in [0.2, 0.25) is 11.8 Å². The number of benzene rings is 1. The first-order valence-electron chi connectivity index (χ1n) is 11.6. The Morgan fingerprint density at radius 1 is 1.00 bits per heavy atom. The number of rotatable bonds is 5. The SMILES string of the molecule is COCC(=O)N1CCN(C(=O)[C@H]2CC[C@H](CN3Cc4ccccc4N(C)C3=O)CC2)CC1. The first kappa shape index (κ1) is 22.6. The van der Waals surface area contributed by atoms with E-state index in [0.717, 1.165) is 37.9 Å². The lowest BCUT2D eigenvalue weighted by Crippen LogP contribution is -2.53. The Labute approximate surface area is 190 Å². The van der Waals surface area contributed by atoms with Crippen molar-refractivity contribution in [2.24, 2.45) is 11.8 Å². The number of anilines is 1. The van der Waals surface area contributed by atoms with Crippen LogP contribution in [0, 0.1) is 11.8 Å². The van der Waals surface area contributed by atoms with Gasteiger partial charge in [0.25, 0.3) is 0 Å². The Kier molecular flexibility index (Phi) is 6.98. The van der Waals surface area contributed by atoms with Crippen molar-refractivity contribution in [3.05, 3.63) is 29.8 Å². The lowest BCUT2D eigenvalue weighted by atomic mass is 9.81. The highest BCUT2D eigenvalue weighted by atomic mass is 16.5. The maximum absolute atomic E-state index is 13.0. The van der Waals surface area contributed by atoms with Crippen molar-refractivity contribution >= 4 is 23.5 Å². The number of methoxy groups -OCH3 is 1. The second-order valence-electron chi connectivity index (χ2n) is 9.21. The molecule has 1 aromatic rings. The fourth-order valence-electron chi connectivity index (χ4n) is 5.26. The van der Waals surface area contributed by atoms with Crippen LogP contribution in [-0.4, -0.2) is 86.0 Å². The molecule has 0 atom stereocenters. The van der Waals surface area contributed by atoms with Crippen molar-refractivity contribution in [2.45, 2.75) is 32.2 Å². The van der Waals surface area contributed by atoms with E-state index in [0.29, 0.717) is 38.6 Å². The van der Waals surface area contributed by atoms with Crippen molar-refractivity contribution in [3.8, 4) is 0 Å².